The van der Waals surface area contributed by atoms with Gasteiger partial charge in [-0.25, -0.2) is 9.78 Å². The van der Waals surface area contributed by atoms with Gasteiger partial charge in [0.15, 0.2) is 0 Å². The molecule has 35 heavy (non-hydrogen) atoms. The lowest BCUT2D eigenvalue weighted by atomic mass is 10.0. The quantitative estimate of drug-likeness (QED) is 0.369. The molecule has 0 aliphatic carbocycles. The van der Waals surface area contributed by atoms with Crippen molar-refractivity contribution >= 4 is 39.2 Å². The molecule has 1 N–H and O–H groups in total. The fraction of sp³-hybridized carbons (Fsp3) is 0.320. The third-order valence-corrected chi connectivity index (χ3v) is 6.78. The SMILES string of the molecule is CCOC(=O)c1cnn(C)c1NC(=O)C(CC)n1cnc2scc(-c3ccc(CC)cc3)c2c1=O. The number of carbonyl (C=O) groups is 2. The number of nitrogens with one attached hydrogen (secondary N) is 1. The van der Waals surface area contributed by atoms with E-state index in [1.165, 1.54) is 38.7 Å². The lowest BCUT2D eigenvalue weighted by molar-refractivity contribution is -0.119. The highest BCUT2D eigenvalue weighted by atomic mass is 32.1. The molecule has 0 aliphatic rings. The normalized spacial score (nSPS) is 12.0. The molecule has 10 heteroatoms. The van der Waals surface area contributed by atoms with E-state index in [-0.39, 0.29) is 23.5 Å². The number of anilines is 1. The Kier molecular flexibility index (Phi) is 7.11. The largest absolute Gasteiger partial charge is 0.462 e. The van der Waals surface area contributed by atoms with E-state index in [2.05, 4.69) is 22.3 Å². The van der Waals surface area contributed by atoms with E-state index in [1.54, 1.807) is 14.0 Å². The second-order valence-corrected chi connectivity index (χ2v) is 8.86. The summed E-state index contributed by atoms with van der Waals surface area (Å²) in [7, 11) is 1.61. The van der Waals surface area contributed by atoms with Crippen LogP contribution < -0.4 is 10.9 Å². The van der Waals surface area contributed by atoms with Crippen LogP contribution in [0.4, 0.5) is 5.82 Å². The number of aryl methyl sites for hydroxylation is 2. The van der Waals surface area contributed by atoms with Gasteiger partial charge >= 0.3 is 5.97 Å². The standard InChI is InChI=1S/C25H27N5O4S/c1-5-15-8-10-16(11-9-15)18-13-35-23-20(18)24(32)30(14-26-23)19(6-2)22(31)28-21-17(12-27-29(21)4)25(33)34-7-3/h8-14,19H,5-7H2,1-4H3,(H,28,31). The van der Waals surface area contributed by atoms with Gasteiger partial charge in [0.1, 0.15) is 22.3 Å². The fourth-order valence-electron chi connectivity index (χ4n) is 3.95. The van der Waals surface area contributed by atoms with E-state index >= 15 is 0 Å². The number of hydrogen-bond donors (Lipinski definition) is 1. The maximum Gasteiger partial charge on any atom is 0.343 e. The van der Waals surface area contributed by atoms with Crippen LogP contribution in [-0.2, 0) is 23.0 Å². The number of carbonyl (C=O) groups excluding carboxylic acids is 2. The van der Waals surface area contributed by atoms with Crippen molar-refractivity contribution in [1.82, 2.24) is 19.3 Å². The fourth-order valence-corrected chi connectivity index (χ4v) is 4.86. The van der Waals surface area contributed by atoms with Gasteiger partial charge in [-0.2, -0.15) is 5.10 Å². The maximum atomic E-state index is 13.6. The van der Waals surface area contributed by atoms with Crippen molar-refractivity contribution in [3.8, 4) is 11.1 Å². The van der Waals surface area contributed by atoms with Gasteiger partial charge in [-0.15, -0.1) is 11.3 Å². The van der Waals surface area contributed by atoms with E-state index < -0.39 is 17.9 Å². The Labute approximate surface area is 206 Å². The molecule has 0 saturated heterocycles. The van der Waals surface area contributed by atoms with Crippen LogP contribution in [0.1, 0.15) is 49.2 Å². The highest BCUT2D eigenvalue weighted by Crippen LogP contribution is 2.31. The molecule has 1 aromatic carbocycles. The lowest BCUT2D eigenvalue weighted by Gasteiger charge is -2.18. The molecular formula is C25H27N5O4S. The van der Waals surface area contributed by atoms with Crippen LogP contribution >= 0.6 is 11.3 Å². The van der Waals surface area contributed by atoms with Gasteiger partial charge in [0.2, 0.25) is 5.91 Å². The first-order valence-corrected chi connectivity index (χ1v) is 12.3. The van der Waals surface area contributed by atoms with Crippen LogP contribution in [0.3, 0.4) is 0 Å². The summed E-state index contributed by atoms with van der Waals surface area (Å²) in [6.45, 7) is 5.80. The highest BCUT2D eigenvalue weighted by molar-refractivity contribution is 7.17. The van der Waals surface area contributed by atoms with Crippen molar-refractivity contribution in [2.75, 3.05) is 11.9 Å². The third kappa shape index (κ3) is 4.61. The second-order valence-electron chi connectivity index (χ2n) is 8.00. The smallest absolute Gasteiger partial charge is 0.343 e. The highest BCUT2D eigenvalue weighted by Gasteiger charge is 2.26. The summed E-state index contributed by atoms with van der Waals surface area (Å²) in [6.07, 6.45) is 4.03. The van der Waals surface area contributed by atoms with Gasteiger partial charge < -0.3 is 10.1 Å². The summed E-state index contributed by atoms with van der Waals surface area (Å²) >= 11 is 1.40. The van der Waals surface area contributed by atoms with Crippen LogP contribution in [0.15, 0.2) is 47.0 Å². The first-order valence-electron chi connectivity index (χ1n) is 11.5. The summed E-state index contributed by atoms with van der Waals surface area (Å²) in [5, 5.41) is 9.22. The van der Waals surface area contributed by atoms with Crippen molar-refractivity contribution in [3.05, 3.63) is 63.7 Å². The summed E-state index contributed by atoms with van der Waals surface area (Å²) in [6, 6.07) is 7.26. The summed E-state index contributed by atoms with van der Waals surface area (Å²) in [5.74, 6) is -0.823. The minimum absolute atomic E-state index is 0.147. The number of ether oxygens (including phenoxy) is 1. The first kappa shape index (κ1) is 24.3. The molecule has 0 saturated carbocycles. The first-order chi connectivity index (χ1) is 16.9. The number of hydrogen-bond acceptors (Lipinski definition) is 7. The zero-order chi connectivity index (χ0) is 25.1. The van der Waals surface area contributed by atoms with Crippen LogP contribution in [-0.4, -0.2) is 37.8 Å². The number of fused-ring (bicyclic) bond motifs is 1. The Morgan fingerprint density at radius 1 is 1.17 bits per heavy atom. The minimum atomic E-state index is -0.834. The number of benzene rings is 1. The van der Waals surface area contributed by atoms with Gasteiger partial charge in [-0.05, 0) is 30.9 Å². The zero-order valence-electron chi connectivity index (χ0n) is 20.1. The van der Waals surface area contributed by atoms with Crippen molar-refractivity contribution in [2.24, 2.45) is 7.05 Å². The topological polar surface area (TPSA) is 108 Å². The van der Waals surface area contributed by atoms with E-state index in [9.17, 15) is 14.4 Å². The molecule has 4 aromatic rings. The van der Waals surface area contributed by atoms with Gasteiger partial charge in [-0.3, -0.25) is 18.8 Å². The Morgan fingerprint density at radius 3 is 2.57 bits per heavy atom. The lowest BCUT2D eigenvalue weighted by Crippen LogP contribution is -2.34. The molecule has 1 unspecified atom stereocenters. The molecular weight excluding hydrogens is 466 g/mol. The molecule has 182 valence electrons. The minimum Gasteiger partial charge on any atom is -0.462 e. The van der Waals surface area contributed by atoms with Gasteiger partial charge in [0.05, 0.1) is 24.5 Å². The van der Waals surface area contributed by atoms with Crippen LogP contribution in [0, 0.1) is 0 Å². The van der Waals surface area contributed by atoms with E-state index in [0.717, 1.165) is 17.5 Å². The molecule has 1 atom stereocenters. The summed E-state index contributed by atoms with van der Waals surface area (Å²) in [4.78, 5) is 44.2. The molecule has 0 bridgehead atoms. The monoisotopic (exact) mass is 493 g/mol. The van der Waals surface area contributed by atoms with E-state index in [0.29, 0.717) is 16.6 Å². The third-order valence-electron chi connectivity index (χ3n) is 5.89. The van der Waals surface area contributed by atoms with E-state index in [4.69, 9.17) is 4.74 Å². The van der Waals surface area contributed by atoms with Crippen LogP contribution in [0.5, 0.6) is 0 Å². The van der Waals surface area contributed by atoms with E-state index in [1.807, 2.05) is 36.6 Å². The molecule has 0 spiro atoms. The number of rotatable bonds is 8. The maximum absolute atomic E-state index is 13.6. The molecule has 0 aliphatic heterocycles. The number of aromatic nitrogens is 4. The van der Waals surface area contributed by atoms with Crippen LogP contribution in [0.2, 0.25) is 0 Å². The van der Waals surface area contributed by atoms with Crippen molar-refractivity contribution in [2.45, 2.75) is 39.7 Å². The predicted octanol–water partition coefficient (Wildman–Crippen LogP) is 4.19. The van der Waals surface area contributed by atoms with Crippen molar-refractivity contribution in [1.29, 1.82) is 0 Å². The molecule has 4 rings (SSSR count). The van der Waals surface area contributed by atoms with Crippen molar-refractivity contribution in [3.63, 3.8) is 0 Å². The second kappa shape index (κ2) is 10.2. The number of amides is 1. The average Bonchev–Trinajstić information content (AvgIpc) is 3.45. The number of nitrogens with zero attached hydrogens (tertiary/aromatic N) is 4. The Balaban J connectivity index is 1.71. The molecule has 1 amide bonds. The molecule has 0 fully saturated rings. The van der Waals surface area contributed by atoms with Gasteiger partial charge in [0, 0.05) is 18.0 Å². The van der Waals surface area contributed by atoms with Gasteiger partial charge in [-0.1, -0.05) is 38.1 Å². The predicted molar refractivity (Wildman–Crippen MR) is 136 cm³/mol. The Morgan fingerprint density at radius 2 is 1.91 bits per heavy atom. The molecule has 3 heterocycles. The number of esters is 1. The average molecular weight is 494 g/mol. The molecule has 9 nitrogen and oxygen atoms in total. The zero-order valence-corrected chi connectivity index (χ0v) is 20.9. The summed E-state index contributed by atoms with van der Waals surface area (Å²) < 4.78 is 7.80. The Hall–Kier alpha value is -3.79. The molecule has 3 aromatic heterocycles. The number of thiophene rings is 1. The van der Waals surface area contributed by atoms with Gasteiger partial charge in [0.25, 0.3) is 5.56 Å². The molecule has 0 radical (unpaired) electrons. The Bertz CT molecular complexity index is 1430. The van der Waals surface area contributed by atoms with Crippen LogP contribution in [0.25, 0.3) is 21.3 Å². The van der Waals surface area contributed by atoms with Crippen molar-refractivity contribution < 1.29 is 14.3 Å². The summed E-state index contributed by atoms with van der Waals surface area (Å²) in [5.41, 5.74) is 2.80.